The van der Waals surface area contributed by atoms with E-state index in [0.29, 0.717) is 5.11 Å². The summed E-state index contributed by atoms with van der Waals surface area (Å²) in [5.74, 6) is 0. The van der Waals surface area contributed by atoms with E-state index in [-0.39, 0.29) is 12.1 Å². The first-order chi connectivity index (χ1) is 16.0. The van der Waals surface area contributed by atoms with Gasteiger partial charge in [-0.2, -0.15) is 0 Å². The minimum atomic E-state index is -0.0665. The highest BCUT2D eigenvalue weighted by Gasteiger charge is 2.42. The molecule has 0 aliphatic carbocycles. The molecule has 0 radical (unpaired) electrons. The average Bonchev–Trinajstić information content (AvgIpc) is 3.32. The Kier molecular flexibility index (Phi) is 5.46. The molecule has 33 heavy (non-hydrogen) atoms. The number of aryl methyl sites for hydroxylation is 3. The predicted octanol–water partition coefficient (Wildman–Crippen LogP) is 5.68. The zero-order valence-corrected chi connectivity index (χ0v) is 20.1. The normalized spacial score (nSPS) is 17.9. The Morgan fingerprint density at radius 3 is 2.42 bits per heavy atom. The molecule has 1 aliphatic rings. The lowest BCUT2D eigenvalue weighted by Gasteiger charge is -2.28. The van der Waals surface area contributed by atoms with Crippen molar-refractivity contribution in [2.75, 3.05) is 4.90 Å². The van der Waals surface area contributed by atoms with Crippen molar-refractivity contribution in [1.29, 1.82) is 0 Å². The molecule has 5 nitrogen and oxygen atoms in total. The molecule has 0 spiro atoms. The first-order valence-corrected chi connectivity index (χ1v) is 11.5. The molecule has 2 atom stereocenters. The lowest BCUT2D eigenvalue weighted by molar-refractivity contribution is 0.565. The second kappa shape index (κ2) is 8.45. The monoisotopic (exact) mass is 453 g/mol. The lowest BCUT2D eigenvalue weighted by Crippen LogP contribution is -2.29. The van der Waals surface area contributed by atoms with Gasteiger partial charge in [-0.15, -0.1) is 0 Å². The van der Waals surface area contributed by atoms with Crippen LogP contribution in [0.15, 0.2) is 73.2 Å². The van der Waals surface area contributed by atoms with Gasteiger partial charge < -0.3 is 14.8 Å². The fourth-order valence-corrected chi connectivity index (χ4v) is 5.14. The van der Waals surface area contributed by atoms with Gasteiger partial charge in [0.25, 0.3) is 0 Å². The molecule has 4 heterocycles. The van der Waals surface area contributed by atoms with Crippen LogP contribution < -0.4 is 10.2 Å². The van der Waals surface area contributed by atoms with Gasteiger partial charge in [0.1, 0.15) is 0 Å². The molecule has 5 rings (SSSR count). The maximum atomic E-state index is 5.90. The quantitative estimate of drug-likeness (QED) is 0.403. The van der Waals surface area contributed by atoms with Crippen molar-refractivity contribution in [2.24, 2.45) is 0 Å². The van der Waals surface area contributed by atoms with Crippen molar-refractivity contribution in [3.05, 3.63) is 107 Å². The predicted molar refractivity (Wildman–Crippen MR) is 137 cm³/mol. The summed E-state index contributed by atoms with van der Waals surface area (Å²) in [6.45, 7) is 8.59. The third-order valence-electron chi connectivity index (χ3n) is 6.56. The zero-order valence-electron chi connectivity index (χ0n) is 19.3. The number of nitrogens with zero attached hydrogens (tertiary/aromatic N) is 4. The van der Waals surface area contributed by atoms with Crippen LogP contribution in [-0.2, 0) is 0 Å². The van der Waals surface area contributed by atoms with Crippen LogP contribution in [-0.4, -0.2) is 19.6 Å². The number of rotatable bonds is 4. The van der Waals surface area contributed by atoms with Gasteiger partial charge in [0.15, 0.2) is 5.11 Å². The maximum Gasteiger partial charge on any atom is 0.174 e. The van der Waals surface area contributed by atoms with Crippen LogP contribution in [0.3, 0.4) is 0 Å². The van der Waals surface area contributed by atoms with E-state index in [1.807, 2.05) is 30.6 Å². The van der Waals surface area contributed by atoms with Gasteiger partial charge in [-0.3, -0.25) is 9.97 Å². The van der Waals surface area contributed by atoms with E-state index in [4.69, 9.17) is 12.2 Å². The summed E-state index contributed by atoms with van der Waals surface area (Å²) in [6.07, 6.45) is 5.55. The minimum absolute atomic E-state index is 0.0360. The van der Waals surface area contributed by atoms with Crippen molar-refractivity contribution in [3.8, 4) is 5.69 Å². The second-order valence-corrected chi connectivity index (χ2v) is 9.02. The molecule has 1 fully saturated rings. The molecule has 1 aromatic carbocycles. The van der Waals surface area contributed by atoms with Crippen LogP contribution in [0.2, 0.25) is 0 Å². The fraction of sp³-hybridized carbons (Fsp3) is 0.222. The minimum Gasteiger partial charge on any atom is -0.351 e. The van der Waals surface area contributed by atoms with E-state index < -0.39 is 0 Å². The molecule has 1 aliphatic heterocycles. The lowest BCUT2D eigenvalue weighted by atomic mass is 9.96. The molecule has 1 N–H and O–H groups in total. The third-order valence-corrected chi connectivity index (χ3v) is 6.87. The molecule has 0 unspecified atom stereocenters. The van der Waals surface area contributed by atoms with Gasteiger partial charge in [0.05, 0.1) is 29.7 Å². The van der Waals surface area contributed by atoms with E-state index in [9.17, 15) is 0 Å². The molecule has 3 aromatic heterocycles. The summed E-state index contributed by atoms with van der Waals surface area (Å²) >= 11 is 5.90. The van der Waals surface area contributed by atoms with Crippen LogP contribution in [0, 0.1) is 27.7 Å². The van der Waals surface area contributed by atoms with Crippen molar-refractivity contribution >= 4 is 23.0 Å². The summed E-state index contributed by atoms with van der Waals surface area (Å²) in [4.78, 5) is 11.3. The fourth-order valence-electron chi connectivity index (χ4n) is 4.79. The molecule has 4 aromatic rings. The summed E-state index contributed by atoms with van der Waals surface area (Å²) in [5.41, 5.74) is 9.19. The number of thiocarbonyl (C=S) groups is 1. The Bertz CT molecular complexity index is 1310. The SMILES string of the molecule is Cc1ccc(N2C(=S)N[C@H](c3ccccn3)[C@H]2c2cc(C)n(-c3cccnc3)c2C)cc1C. The molecular formula is C27H27N5S. The van der Waals surface area contributed by atoms with E-state index in [1.165, 1.54) is 22.4 Å². The number of pyridine rings is 2. The summed E-state index contributed by atoms with van der Waals surface area (Å²) in [6, 6.07) is 18.8. The molecule has 0 bridgehead atoms. The topological polar surface area (TPSA) is 46.0 Å². The van der Waals surface area contributed by atoms with Gasteiger partial charge in [-0.25, -0.2) is 0 Å². The third kappa shape index (κ3) is 3.70. The highest BCUT2D eigenvalue weighted by molar-refractivity contribution is 7.80. The highest BCUT2D eigenvalue weighted by Crippen LogP contribution is 2.44. The van der Waals surface area contributed by atoms with Gasteiger partial charge >= 0.3 is 0 Å². The zero-order chi connectivity index (χ0) is 23.1. The van der Waals surface area contributed by atoms with Crippen molar-refractivity contribution < 1.29 is 0 Å². The summed E-state index contributed by atoms with van der Waals surface area (Å²) in [5, 5.41) is 4.28. The number of nitrogens with one attached hydrogen (secondary N) is 1. The molecule has 1 saturated heterocycles. The maximum absolute atomic E-state index is 5.90. The van der Waals surface area contributed by atoms with Crippen LogP contribution in [0.4, 0.5) is 5.69 Å². The Hall–Kier alpha value is -3.51. The Labute approximate surface area is 200 Å². The van der Waals surface area contributed by atoms with E-state index in [2.05, 4.69) is 88.8 Å². The Morgan fingerprint density at radius 1 is 0.879 bits per heavy atom. The van der Waals surface area contributed by atoms with Crippen LogP contribution >= 0.6 is 12.2 Å². The molecule has 0 amide bonds. The molecule has 166 valence electrons. The summed E-state index contributed by atoms with van der Waals surface area (Å²) < 4.78 is 2.26. The van der Waals surface area contributed by atoms with Crippen LogP contribution in [0.1, 0.15) is 45.9 Å². The Balaban J connectivity index is 1.69. The number of hydrogen-bond acceptors (Lipinski definition) is 3. The van der Waals surface area contributed by atoms with E-state index >= 15 is 0 Å². The number of benzene rings is 1. The van der Waals surface area contributed by atoms with Crippen molar-refractivity contribution in [1.82, 2.24) is 19.9 Å². The van der Waals surface area contributed by atoms with Crippen LogP contribution in [0.5, 0.6) is 0 Å². The molecule has 6 heteroatoms. The molecular weight excluding hydrogens is 426 g/mol. The van der Waals surface area contributed by atoms with Gasteiger partial charge in [-0.1, -0.05) is 12.1 Å². The largest absolute Gasteiger partial charge is 0.351 e. The van der Waals surface area contributed by atoms with Gasteiger partial charge in [0, 0.05) is 29.5 Å². The smallest absolute Gasteiger partial charge is 0.174 e. The number of hydrogen-bond donors (Lipinski definition) is 1. The van der Waals surface area contributed by atoms with Crippen molar-refractivity contribution in [3.63, 3.8) is 0 Å². The average molecular weight is 454 g/mol. The molecule has 0 saturated carbocycles. The second-order valence-electron chi connectivity index (χ2n) is 8.64. The summed E-state index contributed by atoms with van der Waals surface area (Å²) in [7, 11) is 0. The number of anilines is 1. The van der Waals surface area contributed by atoms with Gasteiger partial charge in [0.2, 0.25) is 0 Å². The van der Waals surface area contributed by atoms with E-state index in [1.54, 1.807) is 6.20 Å². The van der Waals surface area contributed by atoms with Gasteiger partial charge in [-0.05, 0) is 99.1 Å². The first kappa shape index (κ1) is 21.3. The Morgan fingerprint density at radius 2 is 1.73 bits per heavy atom. The van der Waals surface area contributed by atoms with Crippen molar-refractivity contribution in [2.45, 2.75) is 39.8 Å². The van der Waals surface area contributed by atoms with Crippen LogP contribution in [0.25, 0.3) is 5.69 Å². The standard InChI is InChI=1S/C27H27N5S/c1-17-10-11-21(14-18(17)2)32-26(25(30-27(32)33)24-9-5-6-13-29-24)23-15-19(3)31(20(23)4)22-8-7-12-28-16-22/h5-16,25-26H,1-4H3,(H,30,33)/t25-,26-/m1/s1. The van der Waals surface area contributed by atoms with E-state index in [0.717, 1.165) is 22.8 Å². The first-order valence-electron chi connectivity index (χ1n) is 11.1. The number of aromatic nitrogens is 3. The highest BCUT2D eigenvalue weighted by atomic mass is 32.1.